The summed E-state index contributed by atoms with van der Waals surface area (Å²) in [5, 5.41) is 14.8. The van der Waals surface area contributed by atoms with Crippen molar-refractivity contribution in [1.29, 1.82) is 0 Å². The number of nitrogens with zero attached hydrogens (tertiary/aromatic N) is 1. The van der Waals surface area contributed by atoms with Gasteiger partial charge in [0.15, 0.2) is 0 Å². The van der Waals surface area contributed by atoms with Gasteiger partial charge in [0.1, 0.15) is 0 Å². The molecule has 2 N–H and O–H groups in total. The summed E-state index contributed by atoms with van der Waals surface area (Å²) in [4.78, 5) is 21.8. The molecule has 0 spiro atoms. The lowest BCUT2D eigenvalue weighted by atomic mass is 10.1. The number of carboxylic acids is 1. The third-order valence-corrected chi connectivity index (χ3v) is 2.45. The number of rotatable bonds is 8. The van der Waals surface area contributed by atoms with Crippen LogP contribution in [0.2, 0.25) is 0 Å². The number of aliphatic carboxylic acids is 1. The minimum Gasteiger partial charge on any atom is -0.481 e. The summed E-state index contributed by atoms with van der Waals surface area (Å²) in [6, 6.07) is 1.59. The number of carboxylic acid groups (broad SMARTS) is 1. The van der Waals surface area contributed by atoms with Gasteiger partial charge < -0.3 is 14.9 Å². The van der Waals surface area contributed by atoms with Crippen LogP contribution < -0.4 is 5.32 Å². The number of aryl methyl sites for hydroxylation is 1. The van der Waals surface area contributed by atoms with E-state index >= 15 is 0 Å². The predicted octanol–water partition coefficient (Wildman–Crippen LogP) is 1.75. The molecule has 0 saturated heterocycles. The van der Waals surface area contributed by atoms with Crippen molar-refractivity contribution in [3.8, 4) is 0 Å². The van der Waals surface area contributed by atoms with Crippen LogP contribution in [0.15, 0.2) is 10.6 Å². The van der Waals surface area contributed by atoms with Gasteiger partial charge in [0.2, 0.25) is 5.76 Å². The number of amides is 1. The van der Waals surface area contributed by atoms with E-state index in [2.05, 4.69) is 10.5 Å². The highest BCUT2D eigenvalue weighted by Gasteiger charge is 2.09. The van der Waals surface area contributed by atoms with Crippen molar-refractivity contribution >= 4 is 11.9 Å². The molecule has 1 aromatic heterocycles. The summed E-state index contributed by atoms with van der Waals surface area (Å²) in [5.41, 5.74) is 0.675. The lowest BCUT2D eigenvalue weighted by Gasteiger charge is -2.02. The number of carbonyl (C=O) groups is 2. The molecule has 0 aromatic carbocycles. The number of carbonyl (C=O) groups excluding carboxylic acids is 1. The number of aromatic nitrogens is 1. The van der Waals surface area contributed by atoms with Crippen LogP contribution in [0.3, 0.4) is 0 Å². The van der Waals surface area contributed by atoms with Crippen LogP contribution in [0, 0.1) is 6.92 Å². The number of hydrogen-bond donors (Lipinski definition) is 2. The highest BCUT2D eigenvalue weighted by atomic mass is 16.5. The van der Waals surface area contributed by atoms with Crippen molar-refractivity contribution in [3.63, 3.8) is 0 Å². The molecular formula is C12H18N2O4. The first-order valence-corrected chi connectivity index (χ1v) is 6.03. The first-order valence-electron chi connectivity index (χ1n) is 6.03. The molecule has 0 bridgehead atoms. The Morgan fingerprint density at radius 3 is 2.67 bits per heavy atom. The average Bonchev–Trinajstić information content (AvgIpc) is 2.74. The summed E-state index contributed by atoms with van der Waals surface area (Å²) >= 11 is 0. The van der Waals surface area contributed by atoms with Crippen molar-refractivity contribution in [3.05, 3.63) is 17.5 Å². The maximum Gasteiger partial charge on any atom is 0.303 e. The van der Waals surface area contributed by atoms with Crippen molar-refractivity contribution in [2.45, 2.75) is 39.0 Å². The van der Waals surface area contributed by atoms with E-state index in [1.165, 1.54) is 0 Å². The summed E-state index contributed by atoms with van der Waals surface area (Å²) < 4.78 is 4.82. The first-order chi connectivity index (χ1) is 8.59. The average molecular weight is 254 g/mol. The van der Waals surface area contributed by atoms with Crippen LogP contribution in [0.4, 0.5) is 0 Å². The van der Waals surface area contributed by atoms with Gasteiger partial charge in [-0.2, -0.15) is 0 Å². The Morgan fingerprint density at radius 2 is 2.06 bits per heavy atom. The smallest absolute Gasteiger partial charge is 0.303 e. The van der Waals surface area contributed by atoms with E-state index < -0.39 is 5.97 Å². The zero-order valence-electron chi connectivity index (χ0n) is 10.4. The molecule has 1 heterocycles. The summed E-state index contributed by atoms with van der Waals surface area (Å²) in [6.45, 7) is 2.31. The second kappa shape index (κ2) is 7.47. The van der Waals surface area contributed by atoms with Crippen molar-refractivity contribution < 1.29 is 19.2 Å². The fourth-order valence-corrected chi connectivity index (χ4v) is 1.51. The highest BCUT2D eigenvalue weighted by Crippen LogP contribution is 2.04. The third kappa shape index (κ3) is 5.47. The zero-order valence-corrected chi connectivity index (χ0v) is 10.4. The zero-order chi connectivity index (χ0) is 13.4. The normalized spacial score (nSPS) is 10.3. The molecule has 0 aliphatic carbocycles. The minimum absolute atomic E-state index is 0.212. The third-order valence-electron chi connectivity index (χ3n) is 2.45. The van der Waals surface area contributed by atoms with Crippen molar-refractivity contribution in [1.82, 2.24) is 10.5 Å². The molecule has 6 nitrogen and oxygen atoms in total. The van der Waals surface area contributed by atoms with E-state index in [1.54, 1.807) is 13.0 Å². The lowest BCUT2D eigenvalue weighted by molar-refractivity contribution is -0.137. The Hall–Kier alpha value is -1.85. The summed E-state index contributed by atoms with van der Waals surface area (Å²) in [7, 11) is 0. The first kappa shape index (κ1) is 14.2. The lowest BCUT2D eigenvalue weighted by Crippen LogP contribution is -2.23. The van der Waals surface area contributed by atoms with Gasteiger partial charge >= 0.3 is 5.97 Å². The molecular weight excluding hydrogens is 236 g/mol. The molecule has 0 saturated carbocycles. The van der Waals surface area contributed by atoms with Gasteiger partial charge in [-0.25, -0.2) is 0 Å². The maximum atomic E-state index is 11.5. The molecule has 0 radical (unpaired) electrons. The number of nitrogens with one attached hydrogen (secondary N) is 1. The van der Waals surface area contributed by atoms with Crippen LogP contribution in [0.5, 0.6) is 0 Å². The Balaban J connectivity index is 2.04. The maximum absolute atomic E-state index is 11.5. The summed E-state index contributed by atoms with van der Waals surface area (Å²) in [5.74, 6) is -0.802. The molecule has 6 heteroatoms. The second-order valence-corrected chi connectivity index (χ2v) is 4.15. The molecule has 0 fully saturated rings. The Labute approximate surface area is 105 Å². The van der Waals surface area contributed by atoms with Crippen LogP contribution >= 0.6 is 0 Å². The van der Waals surface area contributed by atoms with Gasteiger partial charge in [-0.15, -0.1) is 0 Å². The fourth-order valence-electron chi connectivity index (χ4n) is 1.51. The quantitative estimate of drug-likeness (QED) is 0.689. The highest BCUT2D eigenvalue weighted by molar-refractivity contribution is 5.91. The molecule has 1 amide bonds. The number of hydrogen-bond acceptors (Lipinski definition) is 4. The molecule has 0 atom stereocenters. The summed E-state index contributed by atoms with van der Waals surface area (Å²) in [6.07, 6.45) is 3.50. The van der Waals surface area contributed by atoms with E-state index in [0.717, 1.165) is 19.3 Å². The van der Waals surface area contributed by atoms with Gasteiger partial charge in [0, 0.05) is 19.0 Å². The van der Waals surface area contributed by atoms with Gasteiger partial charge in [-0.1, -0.05) is 18.0 Å². The molecule has 0 unspecified atom stereocenters. The Morgan fingerprint density at radius 1 is 1.33 bits per heavy atom. The monoisotopic (exact) mass is 254 g/mol. The molecule has 100 valence electrons. The van der Waals surface area contributed by atoms with E-state index in [4.69, 9.17) is 9.63 Å². The predicted molar refractivity (Wildman–Crippen MR) is 64.3 cm³/mol. The van der Waals surface area contributed by atoms with Crippen LogP contribution in [-0.4, -0.2) is 28.7 Å². The SMILES string of the molecule is Cc1cc(C(=O)NCCCCCCC(=O)O)on1. The van der Waals surface area contributed by atoms with E-state index in [0.29, 0.717) is 18.7 Å². The number of unbranched alkanes of at least 4 members (excludes halogenated alkanes) is 3. The van der Waals surface area contributed by atoms with Crippen molar-refractivity contribution in [2.75, 3.05) is 6.54 Å². The standard InChI is InChI=1S/C12H18N2O4/c1-9-8-10(18-14-9)12(17)13-7-5-3-2-4-6-11(15)16/h8H,2-7H2,1H3,(H,13,17)(H,15,16). The minimum atomic E-state index is -0.760. The second-order valence-electron chi connectivity index (χ2n) is 4.15. The topological polar surface area (TPSA) is 92.4 Å². The molecule has 0 aliphatic heterocycles. The van der Waals surface area contributed by atoms with Gasteiger partial charge in [0.05, 0.1) is 5.69 Å². The van der Waals surface area contributed by atoms with Gasteiger partial charge in [0.25, 0.3) is 5.91 Å². The van der Waals surface area contributed by atoms with Gasteiger partial charge in [-0.05, 0) is 19.8 Å². The van der Waals surface area contributed by atoms with E-state index in [1.807, 2.05) is 0 Å². The van der Waals surface area contributed by atoms with Crippen LogP contribution in [0.25, 0.3) is 0 Å². The Kier molecular flexibility index (Phi) is 5.90. The van der Waals surface area contributed by atoms with Crippen molar-refractivity contribution in [2.24, 2.45) is 0 Å². The molecule has 18 heavy (non-hydrogen) atoms. The molecule has 1 rings (SSSR count). The fraction of sp³-hybridized carbons (Fsp3) is 0.583. The molecule has 1 aromatic rings. The largest absolute Gasteiger partial charge is 0.481 e. The van der Waals surface area contributed by atoms with Gasteiger partial charge in [-0.3, -0.25) is 9.59 Å². The van der Waals surface area contributed by atoms with E-state index in [9.17, 15) is 9.59 Å². The molecule has 0 aliphatic rings. The van der Waals surface area contributed by atoms with E-state index in [-0.39, 0.29) is 18.1 Å². The van der Waals surface area contributed by atoms with Crippen LogP contribution in [0.1, 0.15) is 48.4 Å². The van der Waals surface area contributed by atoms with Crippen LogP contribution in [-0.2, 0) is 4.79 Å². The Bertz CT molecular complexity index is 401.